The second-order valence-electron chi connectivity index (χ2n) is 8.52. The Morgan fingerprint density at radius 2 is 2.03 bits per heavy atom. The molecule has 0 saturated carbocycles. The first-order chi connectivity index (χ1) is 16.8. The standard InChI is InChI=1S/C23H28FN7O4/c1-14-12-30(13-15(2)26-14)29-23-25-11-19(24)22(28-23)27-17-5-8-20(34-3)16(10-17)4-6-18-7-9-21(35-18)31(32)33/h5,7-11,14-15,26H,4,6,12-13H2,1-3H3,(H2,25,27,28,29)/t14-,15+. The van der Waals surface area contributed by atoms with E-state index >= 15 is 0 Å². The number of rotatable bonds is 9. The summed E-state index contributed by atoms with van der Waals surface area (Å²) in [6.45, 7) is 5.71. The van der Waals surface area contributed by atoms with Crippen molar-refractivity contribution in [3.05, 3.63) is 63.8 Å². The van der Waals surface area contributed by atoms with Crippen LogP contribution < -0.4 is 20.8 Å². The molecule has 4 rings (SSSR count). The number of furan rings is 1. The van der Waals surface area contributed by atoms with Gasteiger partial charge >= 0.3 is 5.88 Å². The molecular formula is C23H28FN7O4. The zero-order valence-corrected chi connectivity index (χ0v) is 19.7. The molecule has 1 fully saturated rings. The third-order valence-corrected chi connectivity index (χ3v) is 5.57. The van der Waals surface area contributed by atoms with Gasteiger partial charge in [-0.2, -0.15) is 4.98 Å². The second kappa shape index (κ2) is 10.7. The van der Waals surface area contributed by atoms with Crippen molar-refractivity contribution in [2.24, 2.45) is 0 Å². The Bertz CT molecular complexity index is 1180. The van der Waals surface area contributed by atoms with Crippen molar-refractivity contribution in [3.63, 3.8) is 0 Å². The fraction of sp³-hybridized carbons (Fsp3) is 0.391. The fourth-order valence-electron chi connectivity index (χ4n) is 4.11. The largest absolute Gasteiger partial charge is 0.496 e. The molecule has 3 N–H and O–H groups in total. The summed E-state index contributed by atoms with van der Waals surface area (Å²) in [6.07, 6.45) is 2.06. The van der Waals surface area contributed by atoms with Crippen molar-refractivity contribution >= 4 is 23.3 Å². The van der Waals surface area contributed by atoms with Crippen molar-refractivity contribution in [3.8, 4) is 5.75 Å². The molecule has 0 radical (unpaired) electrons. The van der Waals surface area contributed by atoms with Crippen LogP contribution in [0.1, 0.15) is 25.2 Å². The molecule has 2 aromatic heterocycles. The highest BCUT2D eigenvalue weighted by Gasteiger charge is 2.22. The van der Waals surface area contributed by atoms with Crippen LogP contribution in [-0.2, 0) is 12.8 Å². The minimum atomic E-state index is -0.585. The number of hydrogen-bond acceptors (Lipinski definition) is 10. The molecule has 0 unspecified atom stereocenters. The Balaban J connectivity index is 1.47. The molecule has 186 valence electrons. The number of nitrogens with one attached hydrogen (secondary N) is 3. The van der Waals surface area contributed by atoms with Crippen molar-refractivity contribution in [2.45, 2.75) is 38.8 Å². The number of hydrogen-bond donors (Lipinski definition) is 3. The van der Waals surface area contributed by atoms with Crippen molar-refractivity contribution in [1.82, 2.24) is 20.3 Å². The van der Waals surface area contributed by atoms with Gasteiger partial charge in [-0.3, -0.25) is 15.5 Å². The van der Waals surface area contributed by atoms with E-state index in [9.17, 15) is 14.5 Å². The molecule has 3 heterocycles. The number of hydrazine groups is 1. The number of nitrogens with zero attached hydrogens (tertiary/aromatic N) is 4. The van der Waals surface area contributed by atoms with Gasteiger partial charge in [-0.15, -0.1) is 0 Å². The van der Waals surface area contributed by atoms with Crippen LogP contribution in [0.4, 0.5) is 27.7 Å². The maximum Gasteiger partial charge on any atom is 0.433 e. The van der Waals surface area contributed by atoms with Gasteiger partial charge in [0, 0.05) is 37.3 Å². The van der Waals surface area contributed by atoms with E-state index < -0.39 is 10.7 Å². The van der Waals surface area contributed by atoms with Gasteiger partial charge in [0.15, 0.2) is 11.6 Å². The number of methoxy groups -OCH3 is 1. The maximum absolute atomic E-state index is 14.5. The number of anilines is 3. The number of nitro groups is 1. The molecule has 0 bridgehead atoms. The highest BCUT2D eigenvalue weighted by Crippen LogP contribution is 2.27. The first-order valence-electron chi connectivity index (χ1n) is 11.3. The molecule has 0 spiro atoms. The van der Waals surface area contributed by atoms with E-state index in [-0.39, 0.29) is 11.7 Å². The Morgan fingerprint density at radius 1 is 1.26 bits per heavy atom. The zero-order valence-electron chi connectivity index (χ0n) is 19.7. The van der Waals surface area contributed by atoms with Crippen LogP contribution in [0, 0.1) is 15.9 Å². The van der Waals surface area contributed by atoms with Gasteiger partial charge in [0.05, 0.1) is 19.4 Å². The lowest BCUT2D eigenvalue weighted by molar-refractivity contribution is -0.402. The molecule has 2 atom stereocenters. The Morgan fingerprint density at radius 3 is 2.71 bits per heavy atom. The van der Waals surface area contributed by atoms with E-state index in [1.54, 1.807) is 25.3 Å². The van der Waals surface area contributed by atoms with Gasteiger partial charge < -0.3 is 19.8 Å². The average Bonchev–Trinajstić information content (AvgIpc) is 3.29. The predicted molar refractivity (Wildman–Crippen MR) is 128 cm³/mol. The van der Waals surface area contributed by atoms with Gasteiger partial charge in [-0.1, -0.05) is 0 Å². The molecule has 11 nitrogen and oxygen atoms in total. The van der Waals surface area contributed by atoms with E-state index in [0.29, 0.717) is 48.1 Å². The monoisotopic (exact) mass is 485 g/mol. The van der Waals surface area contributed by atoms with Crippen molar-refractivity contribution in [1.29, 1.82) is 0 Å². The SMILES string of the molecule is COc1ccc(Nc2nc(NN3C[C@@H](C)N[C@@H](C)C3)ncc2F)cc1CCc1ccc([N+](=O)[O-])o1. The summed E-state index contributed by atoms with van der Waals surface area (Å²) >= 11 is 0. The first kappa shape index (κ1) is 24.4. The molecule has 1 aliphatic heterocycles. The lowest BCUT2D eigenvalue weighted by Crippen LogP contribution is -2.55. The first-order valence-corrected chi connectivity index (χ1v) is 11.3. The summed E-state index contributed by atoms with van der Waals surface area (Å²) in [6, 6.07) is 8.86. The maximum atomic E-state index is 14.5. The predicted octanol–water partition coefficient (Wildman–Crippen LogP) is 3.66. The molecule has 0 aliphatic carbocycles. The normalized spacial score (nSPS) is 18.3. The van der Waals surface area contributed by atoms with Crippen LogP contribution in [0.5, 0.6) is 5.75 Å². The minimum Gasteiger partial charge on any atom is -0.496 e. The number of piperazine rings is 1. The van der Waals surface area contributed by atoms with Gasteiger partial charge in [0.1, 0.15) is 16.4 Å². The van der Waals surface area contributed by atoms with Crippen LogP contribution in [0.3, 0.4) is 0 Å². The zero-order chi connectivity index (χ0) is 24.9. The summed E-state index contributed by atoms with van der Waals surface area (Å²) < 4.78 is 25.2. The highest BCUT2D eigenvalue weighted by molar-refractivity contribution is 5.60. The van der Waals surface area contributed by atoms with E-state index in [2.05, 4.69) is 39.9 Å². The second-order valence-corrected chi connectivity index (χ2v) is 8.52. The number of aromatic nitrogens is 2. The lowest BCUT2D eigenvalue weighted by Gasteiger charge is -2.35. The summed E-state index contributed by atoms with van der Waals surface area (Å²) in [5.41, 5.74) is 4.60. The van der Waals surface area contributed by atoms with Gasteiger partial charge in [0.25, 0.3) is 0 Å². The van der Waals surface area contributed by atoms with Crippen LogP contribution >= 0.6 is 0 Å². The molecule has 0 amide bonds. The van der Waals surface area contributed by atoms with E-state index in [1.807, 2.05) is 11.1 Å². The van der Waals surface area contributed by atoms with E-state index in [1.165, 1.54) is 6.07 Å². The summed E-state index contributed by atoms with van der Waals surface area (Å²) in [7, 11) is 1.56. The number of aryl methyl sites for hydroxylation is 2. The van der Waals surface area contributed by atoms with Crippen molar-refractivity contribution < 1.29 is 18.5 Å². The smallest absolute Gasteiger partial charge is 0.433 e. The van der Waals surface area contributed by atoms with Crippen LogP contribution in [0.15, 0.2) is 40.9 Å². The summed E-state index contributed by atoms with van der Waals surface area (Å²) in [5.74, 6) is 0.587. The third kappa shape index (κ3) is 6.22. The Kier molecular flexibility index (Phi) is 7.42. The topological polar surface area (TPSA) is 131 Å². The van der Waals surface area contributed by atoms with Crippen LogP contribution in [-0.4, -0.2) is 52.2 Å². The van der Waals surface area contributed by atoms with Gasteiger partial charge in [-0.05, 0) is 50.1 Å². The number of benzene rings is 1. The van der Waals surface area contributed by atoms with Gasteiger partial charge in [-0.25, -0.2) is 14.4 Å². The van der Waals surface area contributed by atoms with Crippen molar-refractivity contribution in [2.75, 3.05) is 30.9 Å². The fourth-order valence-corrected chi connectivity index (χ4v) is 4.11. The molecular weight excluding hydrogens is 457 g/mol. The highest BCUT2D eigenvalue weighted by atomic mass is 19.1. The summed E-state index contributed by atoms with van der Waals surface area (Å²) in [4.78, 5) is 18.6. The molecule has 35 heavy (non-hydrogen) atoms. The third-order valence-electron chi connectivity index (χ3n) is 5.57. The molecule has 3 aromatic rings. The average molecular weight is 486 g/mol. The molecule has 1 aliphatic rings. The lowest BCUT2D eigenvalue weighted by atomic mass is 10.1. The molecule has 1 aromatic carbocycles. The minimum absolute atomic E-state index is 0.0384. The van der Waals surface area contributed by atoms with E-state index in [0.717, 1.165) is 24.8 Å². The van der Waals surface area contributed by atoms with E-state index in [4.69, 9.17) is 9.15 Å². The number of halogens is 1. The Labute approximate surface area is 201 Å². The molecule has 1 saturated heterocycles. The summed E-state index contributed by atoms with van der Waals surface area (Å²) in [5, 5.41) is 19.3. The Hall–Kier alpha value is -3.77. The van der Waals surface area contributed by atoms with Gasteiger partial charge in [0.2, 0.25) is 5.95 Å². The van der Waals surface area contributed by atoms with Crippen LogP contribution in [0.2, 0.25) is 0 Å². The molecule has 12 heteroatoms. The quantitative estimate of drug-likeness (QED) is 0.305. The number of ether oxygens (including phenoxy) is 1. The van der Waals surface area contributed by atoms with Crippen LogP contribution in [0.25, 0.3) is 0 Å².